The van der Waals surface area contributed by atoms with Crippen molar-refractivity contribution in [2.24, 2.45) is 11.5 Å². The van der Waals surface area contributed by atoms with Crippen LogP contribution in [0.5, 0.6) is 0 Å². The fraction of sp³-hybridized carbons (Fsp3) is 0.448. The van der Waals surface area contributed by atoms with Gasteiger partial charge in [0.15, 0.2) is 0 Å². The molecule has 0 atom stereocenters. The largest absolute Gasteiger partial charge is 0.341 e. The molecule has 1 aromatic rings. The Bertz CT molecular complexity index is 794. The highest BCUT2D eigenvalue weighted by molar-refractivity contribution is 5.51. The van der Waals surface area contributed by atoms with Crippen molar-refractivity contribution in [1.29, 1.82) is 0 Å². The molecule has 0 aliphatic heterocycles. The van der Waals surface area contributed by atoms with Crippen LogP contribution >= 0.6 is 0 Å². The molecule has 3 heteroatoms. The number of benzene rings is 1. The molecular formula is C29H47N3. The van der Waals surface area contributed by atoms with Crippen LogP contribution < -0.4 is 11.5 Å². The zero-order chi connectivity index (χ0) is 24.7. The van der Waals surface area contributed by atoms with Gasteiger partial charge in [-0.05, 0) is 61.0 Å². The maximum atomic E-state index is 5.84. The van der Waals surface area contributed by atoms with Crippen LogP contribution in [-0.4, -0.2) is 11.4 Å². The Morgan fingerprint density at radius 3 is 1.97 bits per heavy atom. The summed E-state index contributed by atoms with van der Waals surface area (Å²) in [5.74, 6) is 0. The Labute approximate surface area is 198 Å². The van der Waals surface area contributed by atoms with Gasteiger partial charge < -0.3 is 16.4 Å². The summed E-state index contributed by atoms with van der Waals surface area (Å²) in [5.41, 5.74) is 20.5. The Hall–Kier alpha value is -2.36. The molecule has 0 saturated carbocycles. The molecule has 0 heterocycles. The second kappa shape index (κ2) is 16.3. The van der Waals surface area contributed by atoms with Gasteiger partial charge >= 0.3 is 0 Å². The van der Waals surface area contributed by atoms with Crippen LogP contribution in [0.1, 0.15) is 78.4 Å². The first-order valence-corrected chi connectivity index (χ1v) is 12.0. The SMILES string of the molecule is C=C(C)/C(C)=C(\C(=C)/C(=C/CN)CC)N(Cc1ccc(CN)cc1)C(=C)CCCC.CC. The first-order valence-electron chi connectivity index (χ1n) is 12.0. The highest BCUT2D eigenvalue weighted by atomic mass is 15.1. The summed E-state index contributed by atoms with van der Waals surface area (Å²) in [6.07, 6.45) is 6.12. The average molecular weight is 438 g/mol. The smallest absolute Gasteiger partial charge is 0.0513 e. The monoisotopic (exact) mass is 437 g/mol. The van der Waals surface area contributed by atoms with Crippen molar-refractivity contribution in [3.8, 4) is 0 Å². The standard InChI is InChI=1S/C27H41N3.C2H6/c1-8-10-11-21(5)30(19-25-14-12-24(18-29)13-15-25)27(22(6)20(3)4)23(7)26(9-2)16-17-28;1-2/h12-16H,3,5,7-11,17-19,28-29H2,1-2,4,6H3;1-2H3/b26-16+,27-22+;. The topological polar surface area (TPSA) is 55.3 Å². The Kier molecular flexibility index (Phi) is 15.1. The third-order valence-electron chi connectivity index (χ3n) is 5.48. The Balaban J connectivity index is 0.00000466. The van der Waals surface area contributed by atoms with Crippen molar-refractivity contribution in [2.45, 2.75) is 80.3 Å². The van der Waals surface area contributed by atoms with Gasteiger partial charge in [-0.15, -0.1) is 0 Å². The lowest BCUT2D eigenvalue weighted by molar-refractivity contribution is 0.405. The molecule has 3 nitrogen and oxygen atoms in total. The van der Waals surface area contributed by atoms with Crippen LogP contribution in [-0.2, 0) is 13.1 Å². The van der Waals surface area contributed by atoms with Gasteiger partial charge in [0.05, 0.1) is 5.70 Å². The highest BCUT2D eigenvalue weighted by Crippen LogP contribution is 2.33. The quantitative estimate of drug-likeness (QED) is 0.316. The summed E-state index contributed by atoms with van der Waals surface area (Å²) in [7, 11) is 0. The van der Waals surface area contributed by atoms with Crippen molar-refractivity contribution >= 4 is 0 Å². The summed E-state index contributed by atoms with van der Waals surface area (Å²) in [6, 6.07) is 8.49. The number of hydrogen-bond acceptors (Lipinski definition) is 3. The lowest BCUT2D eigenvalue weighted by Gasteiger charge is -2.33. The Morgan fingerprint density at radius 1 is 0.969 bits per heavy atom. The predicted molar refractivity (Wildman–Crippen MR) is 144 cm³/mol. The van der Waals surface area contributed by atoms with Crippen molar-refractivity contribution in [3.63, 3.8) is 0 Å². The minimum Gasteiger partial charge on any atom is -0.341 e. The molecule has 0 radical (unpaired) electrons. The number of hydrogen-bond donors (Lipinski definition) is 2. The summed E-state index contributed by atoms with van der Waals surface area (Å²) in [4.78, 5) is 2.32. The van der Waals surface area contributed by atoms with E-state index in [1.165, 1.54) is 11.1 Å². The van der Waals surface area contributed by atoms with E-state index in [9.17, 15) is 0 Å². The second-order valence-electron chi connectivity index (χ2n) is 7.83. The molecule has 0 fully saturated rings. The summed E-state index contributed by atoms with van der Waals surface area (Å²) >= 11 is 0. The molecule has 0 spiro atoms. The van der Waals surface area contributed by atoms with Gasteiger partial charge in [0.2, 0.25) is 0 Å². The third kappa shape index (κ3) is 9.02. The van der Waals surface area contributed by atoms with Crippen LogP contribution in [0.2, 0.25) is 0 Å². The van der Waals surface area contributed by atoms with Crippen molar-refractivity contribution in [2.75, 3.05) is 6.54 Å². The lowest BCUT2D eigenvalue weighted by Crippen LogP contribution is -2.25. The first kappa shape index (κ1) is 29.6. The minimum absolute atomic E-state index is 0.499. The predicted octanol–water partition coefficient (Wildman–Crippen LogP) is 7.38. The molecule has 0 aliphatic carbocycles. The van der Waals surface area contributed by atoms with Crippen molar-refractivity contribution < 1.29 is 0 Å². The molecule has 0 saturated heterocycles. The molecule has 178 valence electrons. The molecule has 0 aromatic heterocycles. The second-order valence-corrected chi connectivity index (χ2v) is 7.83. The molecule has 0 aliphatic rings. The number of unbranched alkanes of at least 4 members (excludes halogenated alkanes) is 1. The van der Waals surface area contributed by atoms with E-state index in [2.05, 4.69) is 75.7 Å². The molecule has 4 N–H and O–H groups in total. The number of rotatable bonds is 13. The molecule has 0 bridgehead atoms. The molecule has 0 amide bonds. The van der Waals surface area contributed by atoms with E-state index >= 15 is 0 Å². The maximum absolute atomic E-state index is 5.84. The summed E-state index contributed by atoms with van der Waals surface area (Å²) in [5, 5.41) is 0. The normalized spacial score (nSPS) is 11.8. The van der Waals surface area contributed by atoms with E-state index in [0.29, 0.717) is 13.1 Å². The fourth-order valence-corrected chi connectivity index (χ4v) is 3.40. The first-order chi connectivity index (χ1) is 15.3. The van der Waals surface area contributed by atoms with E-state index in [-0.39, 0.29) is 0 Å². The fourth-order valence-electron chi connectivity index (χ4n) is 3.40. The third-order valence-corrected chi connectivity index (χ3v) is 5.48. The van der Waals surface area contributed by atoms with Crippen LogP contribution in [0.4, 0.5) is 0 Å². The lowest BCUT2D eigenvalue weighted by atomic mass is 9.94. The number of nitrogens with two attached hydrogens (primary N) is 2. The van der Waals surface area contributed by atoms with E-state index < -0.39 is 0 Å². The van der Waals surface area contributed by atoms with E-state index in [0.717, 1.165) is 65.9 Å². The van der Waals surface area contributed by atoms with Gasteiger partial charge in [-0.1, -0.05) is 89.8 Å². The molecule has 1 rings (SSSR count). The van der Waals surface area contributed by atoms with Crippen LogP contribution in [0.25, 0.3) is 0 Å². The van der Waals surface area contributed by atoms with Crippen molar-refractivity contribution in [1.82, 2.24) is 4.90 Å². The average Bonchev–Trinajstić information content (AvgIpc) is 2.81. The zero-order valence-electron chi connectivity index (χ0n) is 21.6. The number of allylic oxidation sites excluding steroid dienone is 4. The van der Waals surface area contributed by atoms with Gasteiger partial charge in [0.25, 0.3) is 0 Å². The van der Waals surface area contributed by atoms with Gasteiger partial charge in [0, 0.05) is 25.3 Å². The zero-order valence-corrected chi connectivity index (χ0v) is 21.6. The van der Waals surface area contributed by atoms with Crippen LogP contribution in [0.3, 0.4) is 0 Å². The van der Waals surface area contributed by atoms with Gasteiger partial charge in [0.1, 0.15) is 0 Å². The van der Waals surface area contributed by atoms with E-state index in [1.54, 1.807) is 0 Å². The summed E-state index contributed by atoms with van der Waals surface area (Å²) < 4.78 is 0. The maximum Gasteiger partial charge on any atom is 0.0513 e. The van der Waals surface area contributed by atoms with Crippen molar-refractivity contribution in [3.05, 3.63) is 94.9 Å². The van der Waals surface area contributed by atoms with Crippen LogP contribution in [0, 0.1) is 0 Å². The molecular weight excluding hydrogens is 390 g/mol. The molecule has 0 unspecified atom stereocenters. The summed E-state index contributed by atoms with van der Waals surface area (Å²) in [6.45, 7) is 27.4. The van der Waals surface area contributed by atoms with Gasteiger partial charge in [-0.3, -0.25) is 0 Å². The van der Waals surface area contributed by atoms with Gasteiger partial charge in [-0.2, -0.15) is 0 Å². The van der Waals surface area contributed by atoms with E-state index in [1.807, 2.05) is 20.8 Å². The van der Waals surface area contributed by atoms with Crippen LogP contribution in [0.15, 0.2) is 83.8 Å². The Morgan fingerprint density at radius 2 is 1.53 bits per heavy atom. The molecule has 32 heavy (non-hydrogen) atoms. The number of nitrogens with zero attached hydrogens (tertiary/aromatic N) is 1. The highest BCUT2D eigenvalue weighted by Gasteiger charge is 2.21. The molecule has 1 aromatic carbocycles. The van der Waals surface area contributed by atoms with Gasteiger partial charge in [-0.25, -0.2) is 0 Å². The van der Waals surface area contributed by atoms with E-state index in [4.69, 9.17) is 11.5 Å². The minimum atomic E-state index is 0.499.